The highest BCUT2D eigenvalue weighted by molar-refractivity contribution is 6.16. The van der Waals surface area contributed by atoms with Crippen LogP contribution in [0, 0.1) is 0 Å². The first-order valence-corrected chi connectivity index (χ1v) is 10.1. The zero-order valence-corrected chi connectivity index (χ0v) is 16.1. The van der Waals surface area contributed by atoms with Gasteiger partial charge in [-0.25, -0.2) is 0 Å². The van der Waals surface area contributed by atoms with Crippen molar-refractivity contribution in [2.45, 2.75) is 18.8 Å². The molecule has 3 aromatic carbocycles. The summed E-state index contributed by atoms with van der Waals surface area (Å²) in [6.45, 7) is 0.562. The summed E-state index contributed by atoms with van der Waals surface area (Å²) in [6, 6.07) is 18.2. The summed E-state index contributed by atoms with van der Waals surface area (Å²) >= 11 is 0. The zero-order valence-electron chi connectivity index (χ0n) is 16.1. The highest BCUT2D eigenvalue weighted by Gasteiger charge is 2.38. The molecule has 1 aliphatic carbocycles. The van der Waals surface area contributed by atoms with Gasteiger partial charge in [-0.3, -0.25) is 14.4 Å². The molecule has 5 nitrogen and oxygen atoms in total. The third kappa shape index (κ3) is 2.26. The second-order valence-corrected chi connectivity index (χ2v) is 8.04. The third-order valence-electron chi connectivity index (χ3n) is 6.42. The molecular formula is C25H18N2O3. The number of carbonyl (C=O) groups is 2. The lowest BCUT2D eigenvalue weighted by Gasteiger charge is -2.19. The minimum atomic E-state index is -0.151. The van der Waals surface area contributed by atoms with Gasteiger partial charge in [0.25, 0.3) is 5.91 Å². The first-order chi connectivity index (χ1) is 14.6. The van der Waals surface area contributed by atoms with Gasteiger partial charge in [-0.1, -0.05) is 30.3 Å². The number of aromatic nitrogens is 1. The number of para-hydroxylation sites is 2. The molecular weight excluding hydrogens is 376 g/mol. The van der Waals surface area contributed by atoms with Gasteiger partial charge >= 0.3 is 0 Å². The molecule has 146 valence electrons. The normalized spacial score (nSPS) is 17.5. The number of pyridine rings is 1. The van der Waals surface area contributed by atoms with Gasteiger partial charge in [-0.2, -0.15) is 0 Å². The predicted octanol–water partition coefficient (Wildman–Crippen LogP) is 4.40. The monoisotopic (exact) mass is 394 g/mol. The van der Waals surface area contributed by atoms with Crippen LogP contribution in [0.2, 0.25) is 0 Å². The molecule has 0 saturated heterocycles. The second kappa shape index (κ2) is 6.13. The summed E-state index contributed by atoms with van der Waals surface area (Å²) < 4.78 is 0. The Morgan fingerprint density at radius 3 is 2.63 bits per heavy atom. The number of benzene rings is 3. The van der Waals surface area contributed by atoms with Gasteiger partial charge in [0.15, 0.2) is 11.2 Å². The molecule has 1 aromatic heterocycles. The molecule has 0 radical (unpaired) electrons. The number of nitrogens with one attached hydrogen (secondary N) is 1. The fourth-order valence-electron chi connectivity index (χ4n) is 5.01. The fourth-order valence-corrected chi connectivity index (χ4v) is 5.01. The molecule has 6 rings (SSSR count). The Labute approximate surface area is 171 Å². The molecule has 0 spiro atoms. The highest BCUT2D eigenvalue weighted by Crippen LogP contribution is 2.45. The Morgan fingerprint density at radius 2 is 1.73 bits per heavy atom. The van der Waals surface area contributed by atoms with Crippen molar-refractivity contribution in [1.82, 2.24) is 4.98 Å². The van der Waals surface area contributed by atoms with Gasteiger partial charge in [0, 0.05) is 46.4 Å². The lowest BCUT2D eigenvalue weighted by Crippen LogP contribution is -2.30. The van der Waals surface area contributed by atoms with Crippen molar-refractivity contribution in [2.75, 3.05) is 11.4 Å². The summed E-state index contributed by atoms with van der Waals surface area (Å²) in [5.41, 5.74) is 4.21. The van der Waals surface area contributed by atoms with Crippen molar-refractivity contribution in [3.63, 3.8) is 0 Å². The molecule has 2 heterocycles. The first kappa shape index (κ1) is 17.2. The number of anilines is 1. The standard InChI is InChI=1S/C25H18N2O3/c28-21-12-11-14-13-27(20-10-4-6-16(21)22(14)20)25(30)18-8-3-7-17-23(18)26-19-9-2-1-5-15(19)24(17)29/h1-10,14H,11-13H2,(H,26,29). The summed E-state index contributed by atoms with van der Waals surface area (Å²) in [4.78, 5) is 44.1. The van der Waals surface area contributed by atoms with Crippen LogP contribution >= 0.6 is 0 Å². The fraction of sp³-hybridized carbons (Fsp3) is 0.160. The van der Waals surface area contributed by atoms with E-state index < -0.39 is 0 Å². The molecule has 5 heteroatoms. The number of hydrogen-bond acceptors (Lipinski definition) is 3. The highest BCUT2D eigenvalue weighted by atomic mass is 16.2. The Hall–Kier alpha value is -3.73. The van der Waals surface area contributed by atoms with Crippen LogP contribution in [0.15, 0.2) is 65.5 Å². The largest absolute Gasteiger partial charge is 0.354 e. The number of H-pyrrole nitrogens is 1. The number of rotatable bonds is 1. The van der Waals surface area contributed by atoms with E-state index in [9.17, 15) is 14.4 Å². The SMILES string of the molecule is O=C1CCC2CN(C(=O)c3cccc4c(=O)c5ccccc5[nH]c34)c3cccc1c32. The van der Waals surface area contributed by atoms with E-state index in [0.29, 0.717) is 40.3 Å². The second-order valence-electron chi connectivity index (χ2n) is 8.04. The van der Waals surface area contributed by atoms with E-state index in [0.717, 1.165) is 23.2 Å². The molecule has 2 aliphatic rings. The number of fused-ring (bicyclic) bond motifs is 2. The van der Waals surface area contributed by atoms with Crippen LogP contribution in [0.3, 0.4) is 0 Å². The number of amides is 1. The van der Waals surface area contributed by atoms with Gasteiger partial charge < -0.3 is 9.88 Å². The summed E-state index contributed by atoms with van der Waals surface area (Å²) in [5, 5.41) is 1.11. The van der Waals surface area contributed by atoms with Gasteiger partial charge in [0.05, 0.1) is 11.1 Å². The molecule has 1 amide bonds. The Kier molecular flexibility index (Phi) is 3.51. The summed E-state index contributed by atoms with van der Waals surface area (Å²) in [7, 11) is 0. The van der Waals surface area contributed by atoms with Crippen LogP contribution in [0.4, 0.5) is 5.69 Å². The molecule has 30 heavy (non-hydrogen) atoms. The van der Waals surface area contributed by atoms with Crippen LogP contribution in [0.5, 0.6) is 0 Å². The number of carbonyl (C=O) groups excluding carboxylic acids is 2. The van der Waals surface area contributed by atoms with Crippen LogP contribution in [-0.2, 0) is 0 Å². The van der Waals surface area contributed by atoms with E-state index in [1.807, 2.05) is 36.4 Å². The molecule has 0 bridgehead atoms. The predicted molar refractivity (Wildman–Crippen MR) is 116 cm³/mol. The number of Topliss-reactive ketones (excluding diaryl/α,β-unsaturated/α-hetero) is 1. The van der Waals surface area contributed by atoms with Crippen LogP contribution in [0.25, 0.3) is 21.8 Å². The van der Waals surface area contributed by atoms with Crippen LogP contribution in [0.1, 0.15) is 45.0 Å². The minimum absolute atomic E-state index is 0.0838. The average molecular weight is 394 g/mol. The number of ketones is 1. The van der Waals surface area contributed by atoms with Crippen molar-refractivity contribution >= 4 is 39.2 Å². The van der Waals surface area contributed by atoms with Crippen molar-refractivity contribution in [3.05, 3.63) is 87.6 Å². The van der Waals surface area contributed by atoms with Crippen molar-refractivity contribution in [2.24, 2.45) is 0 Å². The third-order valence-corrected chi connectivity index (χ3v) is 6.42. The number of nitrogens with zero attached hydrogens (tertiary/aromatic N) is 1. The summed E-state index contributed by atoms with van der Waals surface area (Å²) in [5.74, 6) is 0.188. The van der Waals surface area contributed by atoms with E-state index >= 15 is 0 Å². The Morgan fingerprint density at radius 1 is 0.933 bits per heavy atom. The van der Waals surface area contributed by atoms with E-state index in [4.69, 9.17) is 0 Å². The molecule has 1 atom stereocenters. The minimum Gasteiger partial charge on any atom is -0.354 e. The molecule has 0 fully saturated rings. The van der Waals surface area contributed by atoms with Crippen LogP contribution in [-0.4, -0.2) is 23.2 Å². The van der Waals surface area contributed by atoms with Gasteiger partial charge in [0.2, 0.25) is 0 Å². The van der Waals surface area contributed by atoms with Crippen molar-refractivity contribution in [3.8, 4) is 0 Å². The maximum atomic E-state index is 13.7. The maximum absolute atomic E-state index is 13.7. The molecule has 1 N–H and O–H groups in total. The quantitative estimate of drug-likeness (QED) is 0.487. The van der Waals surface area contributed by atoms with Gasteiger partial charge in [-0.05, 0) is 42.3 Å². The lowest BCUT2D eigenvalue weighted by molar-refractivity contribution is 0.0968. The maximum Gasteiger partial charge on any atom is 0.260 e. The molecule has 4 aromatic rings. The zero-order chi connectivity index (χ0) is 20.4. The van der Waals surface area contributed by atoms with Gasteiger partial charge in [0.1, 0.15) is 0 Å². The number of hydrogen-bond donors (Lipinski definition) is 1. The average Bonchev–Trinajstić information content (AvgIpc) is 3.16. The lowest BCUT2D eigenvalue weighted by atomic mass is 9.83. The smallest absolute Gasteiger partial charge is 0.260 e. The number of aromatic amines is 1. The topological polar surface area (TPSA) is 70.2 Å². The van der Waals surface area contributed by atoms with E-state index in [2.05, 4.69) is 4.98 Å². The van der Waals surface area contributed by atoms with E-state index in [1.54, 1.807) is 29.2 Å². The van der Waals surface area contributed by atoms with Crippen molar-refractivity contribution in [1.29, 1.82) is 0 Å². The molecule has 1 aliphatic heterocycles. The Balaban J connectivity index is 1.54. The first-order valence-electron chi connectivity index (χ1n) is 10.1. The van der Waals surface area contributed by atoms with Crippen LogP contribution < -0.4 is 10.3 Å². The van der Waals surface area contributed by atoms with Gasteiger partial charge in [-0.15, -0.1) is 0 Å². The molecule has 0 saturated carbocycles. The van der Waals surface area contributed by atoms with E-state index in [-0.39, 0.29) is 23.0 Å². The van der Waals surface area contributed by atoms with E-state index in [1.165, 1.54) is 0 Å². The molecule has 1 unspecified atom stereocenters. The Bertz CT molecular complexity index is 1450. The summed E-state index contributed by atoms with van der Waals surface area (Å²) in [6.07, 6.45) is 1.29. The van der Waals surface area contributed by atoms with Crippen molar-refractivity contribution < 1.29 is 9.59 Å².